The molecule has 0 radical (unpaired) electrons. The maximum absolute atomic E-state index is 12.1. The van der Waals surface area contributed by atoms with Crippen molar-refractivity contribution >= 4 is 18.3 Å². The SMILES string of the molecule is Cc1ccc(-c2cc(C(=O)NCCN3CCNCC3)on2)cc1.Cl. The Labute approximate surface area is 148 Å². The Morgan fingerprint density at radius 3 is 2.71 bits per heavy atom. The molecule has 2 aromatic rings. The lowest BCUT2D eigenvalue weighted by Crippen LogP contribution is -2.46. The Hall–Kier alpha value is -1.89. The van der Waals surface area contributed by atoms with E-state index in [-0.39, 0.29) is 24.1 Å². The molecule has 3 rings (SSSR count). The summed E-state index contributed by atoms with van der Waals surface area (Å²) >= 11 is 0. The molecule has 0 bridgehead atoms. The summed E-state index contributed by atoms with van der Waals surface area (Å²) in [4.78, 5) is 14.4. The van der Waals surface area contributed by atoms with Gasteiger partial charge in [0, 0.05) is 50.9 Å². The van der Waals surface area contributed by atoms with Gasteiger partial charge in [-0.2, -0.15) is 0 Å². The van der Waals surface area contributed by atoms with Gasteiger partial charge in [-0.15, -0.1) is 12.4 Å². The summed E-state index contributed by atoms with van der Waals surface area (Å²) in [5.74, 6) is 0.0341. The van der Waals surface area contributed by atoms with E-state index in [1.807, 2.05) is 31.2 Å². The van der Waals surface area contributed by atoms with Gasteiger partial charge in [0.25, 0.3) is 5.91 Å². The van der Waals surface area contributed by atoms with E-state index in [4.69, 9.17) is 4.52 Å². The van der Waals surface area contributed by atoms with Crippen LogP contribution in [0.1, 0.15) is 16.1 Å². The predicted molar refractivity (Wildman–Crippen MR) is 95.6 cm³/mol. The number of nitrogens with zero attached hydrogens (tertiary/aromatic N) is 2. The van der Waals surface area contributed by atoms with Crippen LogP contribution in [0.2, 0.25) is 0 Å². The molecule has 0 aliphatic carbocycles. The van der Waals surface area contributed by atoms with E-state index in [2.05, 4.69) is 20.7 Å². The van der Waals surface area contributed by atoms with Crippen molar-refractivity contribution in [1.82, 2.24) is 20.7 Å². The summed E-state index contributed by atoms with van der Waals surface area (Å²) < 4.78 is 5.17. The first kappa shape index (κ1) is 18.4. The van der Waals surface area contributed by atoms with Crippen molar-refractivity contribution in [3.05, 3.63) is 41.7 Å². The molecular weight excluding hydrogens is 328 g/mol. The first-order valence-corrected chi connectivity index (χ1v) is 7.97. The minimum atomic E-state index is -0.217. The molecule has 1 saturated heterocycles. The van der Waals surface area contributed by atoms with E-state index in [1.54, 1.807) is 6.07 Å². The van der Waals surface area contributed by atoms with E-state index >= 15 is 0 Å². The molecule has 1 fully saturated rings. The number of nitrogens with one attached hydrogen (secondary N) is 2. The second-order valence-corrected chi connectivity index (χ2v) is 5.79. The fraction of sp³-hybridized carbons (Fsp3) is 0.412. The number of carbonyl (C=O) groups excluding carboxylic acids is 1. The molecule has 0 spiro atoms. The van der Waals surface area contributed by atoms with E-state index in [0.29, 0.717) is 12.2 Å². The van der Waals surface area contributed by atoms with Crippen molar-refractivity contribution in [3.8, 4) is 11.3 Å². The first-order chi connectivity index (χ1) is 11.2. The standard InChI is InChI=1S/C17H22N4O2.ClH/c1-13-2-4-14(5-3-13)15-12-16(23-20-15)17(22)19-8-11-21-9-6-18-7-10-21;/h2-5,12,18H,6-11H2,1H3,(H,19,22);1H. The van der Waals surface area contributed by atoms with E-state index in [0.717, 1.165) is 38.3 Å². The third-order valence-corrected chi connectivity index (χ3v) is 4.00. The third-order valence-electron chi connectivity index (χ3n) is 4.00. The van der Waals surface area contributed by atoms with Crippen molar-refractivity contribution in [2.45, 2.75) is 6.92 Å². The molecule has 2 N–H and O–H groups in total. The van der Waals surface area contributed by atoms with Gasteiger partial charge in [0.2, 0.25) is 5.76 Å². The van der Waals surface area contributed by atoms with Crippen LogP contribution in [-0.2, 0) is 0 Å². The number of aryl methyl sites for hydroxylation is 1. The van der Waals surface area contributed by atoms with E-state index < -0.39 is 0 Å². The smallest absolute Gasteiger partial charge is 0.289 e. The quantitative estimate of drug-likeness (QED) is 0.859. The molecular formula is C17H23ClN4O2. The second kappa shape index (κ2) is 8.82. The maximum atomic E-state index is 12.1. The van der Waals surface area contributed by atoms with Crippen molar-refractivity contribution in [2.75, 3.05) is 39.3 Å². The average Bonchev–Trinajstić information content (AvgIpc) is 3.06. The van der Waals surface area contributed by atoms with E-state index in [1.165, 1.54) is 5.56 Å². The van der Waals surface area contributed by atoms with Gasteiger partial charge in [0.15, 0.2) is 0 Å². The highest BCUT2D eigenvalue weighted by molar-refractivity contribution is 5.92. The number of halogens is 1. The van der Waals surface area contributed by atoms with Crippen molar-refractivity contribution in [2.24, 2.45) is 0 Å². The van der Waals surface area contributed by atoms with Crippen LogP contribution in [0.5, 0.6) is 0 Å². The highest BCUT2D eigenvalue weighted by atomic mass is 35.5. The molecule has 7 heteroatoms. The number of hydrogen-bond acceptors (Lipinski definition) is 5. The Balaban J connectivity index is 0.00000208. The van der Waals surface area contributed by atoms with Gasteiger partial charge in [-0.25, -0.2) is 0 Å². The minimum Gasteiger partial charge on any atom is -0.350 e. The van der Waals surface area contributed by atoms with Crippen LogP contribution in [0.3, 0.4) is 0 Å². The molecule has 0 atom stereocenters. The summed E-state index contributed by atoms with van der Waals surface area (Å²) in [7, 11) is 0. The van der Waals surface area contributed by atoms with Gasteiger partial charge >= 0.3 is 0 Å². The van der Waals surface area contributed by atoms with Crippen molar-refractivity contribution < 1.29 is 9.32 Å². The van der Waals surface area contributed by atoms with Gasteiger partial charge in [-0.05, 0) is 6.92 Å². The lowest BCUT2D eigenvalue weighted by Gasteiger charge is -2.26. The van der Waals surface area contributed by atoms with Gasteiger partial charge in [0.1, 0.15) is 5.69 Å². The Kier molecular flexibility index (Phi) is 6.78. The molecule has 130 valence electrons. The van der Waals surface area contributed by atoms with Crippen LogP contribution < -0.4 is 10.6 Å². The molecule has 1 aliphatic rings. The molecule has 1 aromatic carbocycles. The predicted octanol–water partition coefficient (Wildman–Crippen LogP) is 1.71. The summed E-state index contributed by atoms with van der Waals surface area (Å²) in [6, 6.07) is 9.65. The highest BCUT2D eigenvalue weighted by Crippen LogP contribution is 2.19. The summed E-state index contributed by atoms with van der Waals surface area (Å²) in [6.45, 7) is 7.56. The zero-order chi connectivity index (χ0) is 16.1. The normalized spacial score (nSPS) is 14.9. The maximum Gasteiger partial charge on any atom is 0.289 e. The number of rotatable bonds is 5. The number of carbonyl (C=O) groups is 1. The molecule has 6 nitrogen and oxygen atoms in total. The number of piperazine rings is 1. The van der Waals surface area contributed by atoms with Crippen LogP contribution in [-0.4, -0.2) is 55.2 Å². The summed E-state index contributed by atoms with van der Waals surface area (Å²) in [5.41, 5.74) is 2.81. The average molecular weight is 351 g/mol. The van der Waals surface area contributed by atoms with Gasteiger partial charge in [-0.1, -0.05) is 35.0 Å². The molecule has 24 heavy (non-hydrogen) atoms. The van der Waals surface area contributed by atoms with Gasteiger partial charge < -0.3 is 15.2 Å². The molecule has 0 saturated carbocycles. The lowest BCUT2D eigenvalue weighted by molar-refractivity contribution is 0.0910. The zero-order valence-electron chi connectivity index (χ0n) is 13.7. The van der Waals surface area contributed by atoms with E-state index in [9.17, 15) is 4.79 Å². The van der Waals surface area contributed by atoms with Crippen molar-refractivity contribution in [3.63, 3.8) is 0 Å². The third kappa shape index (κ3) is 4.80. The van der Waals surface area contributed by atoms with Crippen LogP contribution in [0, 0.1) is 6.92 Å². The minimum absolute atomic E-state index is 0. The molecule has 1 aromatic heterocycles. The number of aromatic nitrogens is 1. The monoisotopic (exact) mass is 350 g/mol. The van der Waals surface area contributed by atoms with Crippen molar-refractivity contribution in [1.29, 1.82) is 0 Å². The summed E-state index contributed by atoms with van der Waals surface area (Å²) in [5, 5.41) is 10.2. The lowest BCUT2D eigenvalue weighted by atomic mass is 10.1. The fourth-order valence-corrected chi connectivity index (χ4v) is 2.59. The molecule has 1 amide bonds. The largest absolute Gasteiger partial charge is 0.350 e. The number of benzene rings is 1. The first-order valence-electron chi connectivity index (χ1n) is 7.97. The summed E-state index contributed by atoms with van der Waals surface area (Å²) in [6.07, 6.45) is 0. The number of hydrogen-bond donors (Lipinski definition) is 2. The Morgan fingerprint density at radius 2 is 2.00 bits per heavy atom. The van der Waals surface area contributed by atoms with Crippen LogP contribution >= 0.6 is 12.4 Å². The van der Waals surface area contributed by atoms with Crippen LogP contribution in [0.4, 0.5) is 0 Å². The highest BCUT2D eigenvalue weighted by Gasteiger charge is 2.14. The topological polar surface area (TPSA) is 70.4 Å². The second-order valence-electron chi connectivity index (χ2n) is 5.79. The molecule has 1 aliphatic heterocycles. The van der Waals surface area contributed by atoms with Gasteiger partial charge in [0.05, 0.1) is 0 Å². The Morgan fingerprint density at radius 1 is 1.29 bits per heavy atom. The molecule has 2 heterocycles. The van der Waals surface area contributed by atoms with Crippen LogP contribution in [0.15, 0.2) is 34.9 Å². The number of amides is 1. The van der Waals surface area contributed by atoms with Gasteiger partial charge in [-0.3, -0.25) is 9.69 Å². The zero-order valence-corrected chi connectivity index (χ0v) is 14.6. The molecule has 0 unspecified atom stereocenters. The van der Waals surface area contributed by atoms with Crippen LogP contribution in [0.25, 0.3) is 11.3 Å². The fourth-order valence-electron chi connectivity index (χ4n) is 2.59. The Bertz CT molecular complexity index is 651.